The first-order valence-corrected chi connectivity index (χ1v) is 6.41. The highest BCUT2D eigenvalue weighted by atomic mass is 32.2. The Labute approximate surface area is 122 Å². The van der Waals surface area contributed by atoms with Crippen molar-refractivity contribution in [3.63, 3.8) is 0 Å². The van der Waals surface area contributed by atoms with Gasteiger partial charge in [-0.15, -0.1) is 5.10 Å². The van der Waals surface area contributed by atoms with Gasteiger partial charge in [0, 0.05) is 13.1 Å². The van der Waals surface area contributed by atoms with E-state index in [1.807, 2.05) is 0 Å². The summed E-state index contributed by atoms with van der Waals surface area (Å²) in [6.07, 6.45) is 0. The summed E-state index contributed by atoms with van der Waals surface area (Å²) in [6.45, 7) is 0. The standard InChI is InChI=1S/C11H10N4O5S/c1-14-10(17)12-13-11(14)21-8-5-6(9(16)20-2)3-4-7(8)15(18)19/h3-5H,1-2H3,(H,12,17). The van der Waals surface area contributed by atoms with E-state index in [9.17, 15) is 19.7 Å². The Bertz CT molecular complexity index is 766. The number of methoxy groups -OCH3 is 1. The largest absolute Gasteiger partial charge is 0.465 e. The first-order valence-electron chi connectivity index (χ1n) is 5.60. The van der Waals surface area contributed by atoms with E-state index < -0.39 is 16.6 Å². The lowest BCUT2D eigenvalue weighted by atomic mass is 10.2. The van der Waals surface area contributed by atoms with E-state index in [0.29, 0.717) is 0 Å². The average Bonchev–Trinajstić information content (AvgIpc) is 2.78. The fraction of sp³-hybridized carbons (Fsp3) is 0.182. The first kappa shape index (κ1) is 14.8. The second-order valence-electron chi connectivity index (χ2n) is 3.90. The van der Waals surface area contributed by atoms with Crippen LogP contribution in [0.1, 0.15) is 10.4 Å². The molecule has 1 aromatic carbocycles. The maximum atomic E-state index is 11.5. The molecular weight excluding hydrogens is 300 g/mol. The molecule has 0 bridgehead atoms. The van der Waals surface area contributed by atoms with Crippen LogP contribution in [0.2, 0.25) is 0 Å². The number of benzene rings is 1. The number of H-pyrrole nitrogens is 1. The van der Waals surface area contributed by atoms with Crippen molar-refractivity contribution >= 4 is 23.4 Å². The molecule has 0 saturated heterocycles. The van der Waals surface area contributed by atoms with Crippen LogP contribution in [-0.4, -0.2) is 32.8 Å². The Morgan fingerprint density at radius 2 is 2.24 bits per heavy atom. The number of aromatic amines is 1. The number of carbonyl (C=O) groups is 1. The number of hydrogen-bond acceptors (Lipinski definition) is 7. The fourth-order valence-electron chi connectivity index (χ4n) is 1.51. The number of nitro groups is 1. The molecule has 1 heterocycles. The molecule has 2 rings (SSSR count). The van der Waals surface area contributed by atoms with Gasteiger partial charge in [-0.2, -0.15) is 0 Å². The summed E-state index contributed by atoms with van der Waals surface area (Å²) >= 11 is 0.903. The normalized spacial score (nSPS) is 10.4. The van der Waals surface area contributed by atoms with Crippen molar-refractivity contribution in [1.29, 1.82) is 0 Å². The van der Waals surface area contributed by atoms with Gasteiger partial charge in [0.25, 0.3) is 5.69 Å². The third-order valence-corrected chi connectivity index (χ3v) is 3.71. The Hall–Kier alpha value is -2.62. The monoisotopic (exact) mass is 310 g/mol. The van der Waals surface area contributed by atoms with E-state index in [4.69, 9.17) is 0 Å². The Morgan fingerprint density at radius 3 is 2.76 bits per heavy atom. The van der Waals surface area contributed by atoms with Gasteiger partial charge < -0.3 is 4.74 Å². The van der Waals surface area contributed by atoms with E-state index in [-0.39, 0.29) is 21.3 Å². The van der Waals surface area contributed by atoms with Crippen molar-refractivity contribution in [2.75, 3.05) is 7.11 Å². The molecule has 110 valence electrons. The van der Waals surface area contributed by atoms with Crippen LogP contribution in [0.15, 0.2) is 33.0 Å². The number of nitro benzene ring substituents is 1. The number of carbonyl (C=O) groups excluding carboxylic acids is 1. The molecule has 10 heteroatoms. The minimum atomic E-state index is -0.609. The van der Waals surface area contributed by atoms with Crippen LogP contribution in [0, 0.1) is 10.1 Å². The predicted molar refractivity (Wildman–Crippen MR) is 72.4 cm³/mol. The molecule has 9 nitrogen and oxygen atoms in total. The van der Waals surface area contributed by atoms with Crippen LogP contribution in [-0.2, 0) is 11.8 Å². The summed E-state index contributed by atoms with van der Waals surface area (Å²) in [6, 6.07) is 3.84. The number of nitrogens with zero attached hydrogens (tertiary/aromatic N) is 3. The van der Waals surface area contributed by atoms with Gasteiger partial charge in [-0.3, -0.25) is 14.7 Å². The van der Waals surface area contributed by atoms with Crippen LogP contribution >= 0.6 is 11.8 Å². The second-order valence-corrected chi connectivity index (χ2v) is 4.91. The molecule has 1 N–H and O–H groups in total. The summed E-state index contributed by atoms with van der Waals surface area (Å²) < 4.78 is 5.78. The highest BCUT2D eigenvalue weighted by Gasteiger charge is 2.20. The molecule has 1 aromatic heterocycles. The lowest BCUT2D eigenvalue weighted by molar-refractivity contribution is -0.387. The lowest BCUT2D eigenvalue weighted by Gasteiger charge is -2.04. The Kier molecular flexibility index (Phi) is 4.08. The van der Waals surface area contributed by atoms with Gasteiger partial charge in [-0.1, -0.05) is 0 Å². The molecule has 0 aliphatic heterocycles. The lowest BCUT2D eigenvalue weighted by Crippen LogP contribution is -2.12. The van der Waals surface area contributed by atoms with Gasteiger partial charge in [0.1, 0.15) is 0 Å². The number of ether oxygens (including phenoxy) is 1. The third kappa shape index (κ3) is 2.94. The second kappa shape index (κ2) is 5.79. The van der Waals surface area contributed by atoms with Gasteiger partial charge in [0.05, 0.1) is 22.5 Å². The topological polar surface area (TPSA) is 120 Å². The zero-order valence-corrected chi connectivity index (χ0v) is 11.8. The Balaban J connectivity index is 2.48. The van der Waals surface area contributed by atoms with E-state index in [2.05, 4.69) is 14.9 Å². The van der Waals surface area contributed by atoms with Gasteiger partial charge in [-0.05, 0) is 23.9 Å². The van der Waals surface area contributed by atoms with Crippen LogP contribution in [0.25, 0.3) is 0 Å². The molecule has 2 aromatic rings. The molecule has 0 radical (unpaired) electrons. The zero-order valence-electron chi connectivity index (χ0n) is 11.0. The molecular formula is C11H10N4O5S. The van der Waals surface area contributed by atoms with E-state index in [0.717, 1.165) is 11.8 Å². The van der Waals surface area contributed by atoms with Crippen molar-refractivity contribution in [2.24, 2.45) is 7.05 Å². The summed E-state index contributed by atoms with van der Waals surface area (Å²) in [5, 5.41) is 17.3. The van der Waals surface area contributed by atoms with Crippen LogP contribution < -0.4 is 5.69 Å². The highest BCUT2D eigenvalue weighted by Crippen LogP contribution is 2.33. The van der Waals surface area contributed by atoms with Crippen LogP contribution in [0.3, 0.4) is 0 Å². The molecule has 21 heavy (non-hydrogen) atoms. The van der Waals surface area contributed by atoms with E-state index >= 15 is 0 Å². The maximum Gasteiger partial charge on any atom is 0.343 e. The summed E-state index contributed by atoms with van der Waals surface area (Å²) in [5.41, 5.74) is -0.460. The van der Waals surface area contributed by atoms with E-state index in [1.54, 1.807) is 0 Å². The first-order chi connectivity index (χ1) is 9.93. The number of hydrogen-bond donors (Lipinski definition) is 1. The van der Waals surface area contributed by atoms with Crippen molar-refractivity contribution in [2.45, 2.75) is 10.1 Å². The molecule has 0 aliphatic rings. The van der Waals surface area contributed by atoms with Gasteiger partial charge in [0.15, 0.2) is 5.16 Å². The third-order valence-electron chi connectivity index (χ3n) is 2.62. The quantitative estimate of drug-likeness (QED) is 0.507. The van der Waals surface area contributed by atoms with Crippen molar-refractivity contribution in [1.82, 2.24) is 14.8 Å². The fourth-order valence-corrected chi connectivity index (χ4v) is 2.45. The summed E-state index contributed by atoms with van der Waals surface area (Å²) in [7, 11) is 2.69. The van der Waals surface area contributed by atoms with E-state index in [1.165, 1.54) is 36.9 Å². The molecule has 0 spiro atoms. The van der Waals surface area contributed by atoms with Gasteiger partial charge in [0.2, 0.25) is 0 Å². The molecule has 0 saturated carbocycles. The van der Waals surface area contributed by atoms with Crippen LogP contribution in [0.5, 0.6) is 0 Å². The number of rotatable bonds is 4. The van der Waals surface area contributed by atoms with Crippen molar-refractivity contribution in [3.8, 4) is 0 Å². The maximum absolute atomic E-state index is 11.5. The van der Waals surface area contributed by atoms with Gasteiger partial charge >= 0.3 is 11.7 Å². The molecule has 0 fully saturated rings. The molecule has 0 unspecified atom stereocenters. The van der Waals surface area contributed by atoms with Crippen molar-refractivity contribution in [3.05, 3.63) is 44.4 Å². The minimum Gasteiger partial charge on any atom is -0.465 e. The number of nitrogens with one attached hydrogen (secondary N) is 1. The SMILES string of the molecule is COC(=O)c1ccc([N+](=O)[O-])c(Sc2n[nH]c(=O)n2C)c1. The minimum absolute atomic E-state index is 0.172. The highest BCUT2D eigenvalue weighted by molar-refractivity contribution is 7.99. The summed E-state index contributed by atoms with van der Waals surface area (Å²) in [5.74, 6) is -0.609. The zero-order chi connectivity index (χ0) is 15.6. The predicted octanol–water partition coefficient (Wildman–Crippen LogP) is 0.954. The molecule has 0 aliphatic carbocycles. The Morgan fingerprint density at radius 1 is 1.52 bits per heavy atom. The number of esters is 1. The molecule has 0 atom stereocenters. The van der Waals surface area contributed by atoms with Crippen molar-refractivity contribution < 1.29 is 14.5 Å². The average molecular weight is 310 g/mol. The smallest absolute Gasteiger partial charge is 0.343 e. The summed E-state index contributed by atoms with van der Waals surface area (Å²) in [4.78, 5) is 33.4. The van der Waals surface area contributed by atoms with Crippen LogP contribution in [0.4, 0.5) is 5.69 Å². The molecule has 0 amide bonds. The number of aromatic nitrogens is 3. The van der Waals surface area contributed by atoms with Gasteiger partial charge in [-0.25, -0.2) is 14.7 Å².